The number of hydrogen-bond acceptors (Lipinski definition) is 7. The van der Waals surface area contributed by atoms with E-state index in [1.54, 1.807) is 24.3 Å². The molecule has 0 atom stereocenters. The molecule has 0 unspecified atom stereocenters. The molecule has 0 spiro atoms. The van der Waals surface area contributed by atoms with Crippen LogP contribution in [-0.2, 0) is 9.59 Å². The smallest absolute Gasteiger partial charge is 0.335 e. The van der Waals surface area contributed by atoms with E-state index in [2.05, 4.69) is 157 Å². The SMILES string of the molecule is C=CC(=O)Oc1ccc(-c2ccc(N(c3ccc(-c4ccc(OC(=O)C=C)cc4)cc3)c3cc(N(CC)c4ccccc4)cc(N(CC)c4ccccc4)c3)cc2)cc1. The van der Waals surface area contributed by atoms with E-state index in [9.17, 15) is 9.59 Å². The first-order valence-electron chi connectivity index (χ1n) is 19.6. The van der Waals surface area contributed by atoms with E-state index in [4.69, 9.17) is 9.47 Å². The fraction of sp³-hybridized carbons (Fsp3) is 0.0769. The number of ether oxygens (including phenoxy) is 2. The maximum atomic E-state index is 11.7. The molecule has 0 heterocycles. The fourth-order valence-corrected chi connectivity index (χ4v) is 7.06. The summed E-state index contributed by atoms with van der Waals surface area (Å²) < 4.78 is 10.6. The number of rotatable bonds is 15. The number of esters is 2. The highest BCUT2D eigenvalue weighted by molar-refractivity contribution is 5.86. The van der Waals surface area contributed by atoms with Crippen LogP contribution in [0.2, 0.25) is 0 Å². The lowest BCUT2D eigenvalue weighted by atomic mass is 10.0. The minimum Gasteiger partial charge on any atom is -0.423 e. The third kappa shape index (κ3) is 9.33. The summed E-state index contributed by atoms with van der Waals surface area (Å²) >= 11 is 0. The molecule has 0 aliphatic carbocycles. The van der Waals surface area contributed by atoms with Gasteiger partial charge in [0.05, 0.1) is 5.69 Å². The highest BCUT2D eigenvalue weighted by Crippen LogP contribution is 2.43. The topological polar surface area (TPSA) is 62.3 Å². The normalized spacial score (nSPS) is 10.6. The van der Waals surface area contributed by atoms with Crippen LogP contribution in [0.4, 0.5) is 39.8 Å². The zero-order valence-electron chi connectivity index (χ0n) is 33.2. The lowest BCUT2D eigenvalue weighted by Crippen LogP contribution is -2.20. The minimum absolute atomic E-state index is 0.459. The Morgan fingerprint density at radius 3 is 1.07 bits per heavy atom. The number of anilines is 7. The van der Waals surface area contributed by atoms with Gasteiger partial charge in [-0.25, -0.2) is 9.59 Å². The Morgan fingerprint density at radius 1 is 0.424 bits per heavy atom. The Kier molecular flexibility index (Phi) is 12.4. The largest absolute Gasteiger partial charge is 0.423 e. The Labute approximate surface area is 346 Å². The fourth-order valence-electron chi connectivity index (χ4n) is 7.06. The Hall–Kier alpha value is -7.64. The predicted octanol–water partition coefficient (Wildman–Crippen LogP) is 13.0. The van der Waals surface area contributed by atoms with Gasteiger partial charge in [0, 0.05) is 59.4 Å². The van der Waals surface area contributed by atoms with Crippen LogP contribution in [0.25, 0.3) is 22.3 Å². The van der Waals surface area contributed by atoms with Crippen molar-refractivity contribution in [1.82, 2.24) is 0 Å². The molecular weight excluding hydrogens is 731 g/mol. The maximum absolute atomic E-state index is 11.7. The van der Waals surface area contributed by atoms with E-state index >= 15 is 0 Å². The van der Waals surface area contributed by atoms with Crippen molar-refractivity contribution in [2.75, 3.05) is 27.8 Å². The lowest BCUT2D eigenvalue weighted by molar-refractivity contribution is -0.129. The average Bonchev–Trinajstić information content (AvgIpc) is 3.29. The highest BCUT2D eigenvalue weighted by atomic mass is 16.5. The zero-order chi connectivity index (χ0) is 41.1. The average molecular weight is 776 g/mol. The van der Waals surface area contributed by atoms with Gasteiger partial charge >= 0.3 is 11.9 Å². The summed E-state index contributed by atoms with van der Waals surface area (Å²) in [5.41, 5.74) is 11.3. The second-order valence-corrected chi connectivity index (χ2v) is 13.6. The molecular formula is C52H45N3O4. The number of para-hydroxylation sites is 2. The van der Waals surface area contributed by atoms with Crippen LogP contribution in [0.3, 0.4) is 0 Å². The van der Waals surface area contributed by atoms with Crippen molar-refractivity contribution < 1.29 is 19.1 Å². The van der Waals surface area contributed by atoms with Crippen molar-refractivity contribution in [3.8, 4) is 33.8 Å². The molecule has 0 radical (unpaired) electrons. The molecule has 7 heteroatoms. The number of hydrogen-bond donors (Lipinski definition) is 0. The summed E-state index contributed by atoms with van der Waals surface area (Å²) in [7, 11) is 0. The summed E-state index contributed by atoms with van der Waals surface area (Å²) in [5, 5.41) is 0. The molecule has 0 bridgehead atoms. The summed E-state index contributed by atoms with van der Waals surface area (Å²) in [5.74, 6) is -0.0751. The van der Waals surface area contributed by atoms with E-state index in [1.807, 2.05) is 36.4 Å². The quantitative estimate of drug-likeness (QED) is 0.0584. The molecule has 59 heavy (non-hydrogen) atoms. The van der Waals surface area contributed by atoms with Crippen LogP contribution in [0, 0.1) is 0 Å². The molecule has 7 nitrogen and oxygen atoms in total. The molecule has 0 saturated carbocycles. The second-order valence-electron chi connectivity index (χ2n) is 13.6. The van der Waals surface area contributed by atoms with Crippen LogP contribution in [0.5, 0.6) is 11.5 Å². The minimum atomic E-state index is -0.497. The summed E-state index contributed by atoms with van der Waals surface area (Å²) in [6, 6.07) is 59.6. The molecule has 0 aromatic heterocycles. The van der Waals surface area contributed by atoms with E-state index in [0.717, 1.165) is 87.3 Å². The van der Waals surface area contributed by atoms with Crippen molar-refractivity contribution >= 4 is 51.8 Å². The monoisotopic (exact) mass is 775 g/mol. The van der Waals surface area contributed by atoms with Crippen molar-refractivity contribution in [2.45, 2.75) is 13.8 Å². The third-order valence-corrected chi connectivity index (χ3v) is 9.93. The Bertz CT molecular complexity index is 2340. The molecule has 7 rings (SSSR count). The van der Waals surface area contributed by atoms with Crippen LogP contribution in [0.15, 0.2) is 201 Å². The number of nitrogens with zero attached hydrogens (tertiary/aromatic N) is 3. The predicted molar refractivity (Wildman–Crippen MR) is 242 cm³/mol. The summed E-state index contributed by atoms with van der Waals surface area (Å²) in [6.45, 7) is 12.9. The third-order valence-electron chi connectivity index (χ3n) is 9.93. The van der Waals surface area contributed by atoms with Gasteiger partial charge in [-0.15, -0.1) is 0 Å². The Morgan fingerprint density at radius 2 is 0.746 bits per heavy atom. The maximum Gasteiger partial charge on any atom is 0.335 e. The van der Waals surface area contributed by atoms with Crippen LogP contribution >= 0.6 is 0 Å². The Balaban J connectivity index is 1.34. The van der Waals surface area contributed by atoms with Crippen molar-refractivity contribution in [3.63, 3.8) is 0 Å². The van der Waals surface area contributed by atoms with Crippen LogP contribution in [0.1, 0.15) is 13.8 Å². The van der Waals surface area contributed by atoms with Gasteiger partial charge in [-0.05, 0) is 127 Å². The van der Waals surface area contributed by atoms with E-state index in [-0.39, 0.29) is 0 Å². The summed E-state index contributed by atoms with van der Waals surface area (Å²) in [4.78, 5) is 30.4. The van der Waals surface area contributed by atoms with E-state index in [1.165, 1.54) is 0 Å². The van der Waals surface area contributed by atoms with Crippen molar-refractivity contribution in [2.24, 2.45) is 0 Å². The van der Waals surface area contributed by atoms with Crippen LogP contribution < -0.4 is 24.2 Å². The van der Waals surface area contributed by atoms with Crippen molar-refractivity contribution in [1.29, 1.82) is 0 Å². The first-order valence-corrected chi connectivity index (χ1v) is 19.6. The van der Waals surface area contributed by atoms with Gasteiger partial charge in [0.25, 0.3) is 0 Å². The van der Waals surface area contributed by atoms with Gasteiger partial charge in [0.1, 0.15) is 11.5 Å². The van der Waals surface area contributed by atoms with Gasteiger partial charge in [0.15, 0.2) is 0 Å². The number of carbonyl (C=O) groups excluding carboxylic acids is 2. The molecule has 0 aliphatic rings. The van der Waals surface area contributed by atoms with Gasteiger partial charge in [-0.2, -0.15) is 0 Å². The van der Waals surface area contributed by atoms with E-state index < -0.39 is 11.9 Å². The molecule has 7 aromatic carbocycles. The second kappa shape index (κ2) is 18.5. The van der Waals surface area contributed by atoms with Crippen molar-refractivity contribution in [3.05, 3.63) is 201 Å². The van der Waals surface area contributed by atoms with Gasteiger partial charge in [-0.3, -0.25) is 0 Å². The zero-order valence-corrected chi connectivity index (χ0v) is 33.2. The van der Waals surface area contributed by atoms with Gasteiger partial charge in [0.2, 0.25) is 0 Å². The molecule has 0 N–H and O–H groups in total. The molecule has 7 aromatic rings. The molecule has 292 valence electrons. The molecule has 0 aliphatic heterocycles. The van der Waals surface area contributed by atoms with Gasteiger partial charge in [-0.1, -0.05) is 98.1 Å². The first kappa shape index (κ1) is 39.6. The molecule has 0 fully saturated rings. The first-order chi connectivity index (χ1) is 28.9. The number of carbonyl (C=O) groups is 2. The van der Waals surface area contributed by atoms with Crippen LogP contribution in [-0.4, -0.2) is 25.0 Å². The highest BCUT2D eigenvalue weighted by Gasteiger charge is 2.20. The number of benzene rings is 7. The lowest BCUT2D eigenvalue weighted by Gasteiger charge is -2.32. The van der Waals surface area contributed by atoms with Gasteiger partial charge < -0.3 is 24.2 Å². The molecule has 0 saturated heterocycles. The standard InChI is InChI=1S/C52H45N3O4/c1-5-51(56)58-49-31-23-40(24-32-49)38-19-27-44(28-20-38)55(45-29-21-39(22-30-45)41-25-33-50(34-26-41)59-52(57)6-2)48-36-46(53(7-3)42-15-11-9-12-16-42)35-47(37-48)54(8-4)43-17-13-10-14-18-43/h5-6,9-37H,1-2,7-8H2,3-4H3. The summed E-state index contributed by atoms with van der Waals surface area (Å²) in [6.07, 6.45) is 2.30. The van der Waals surface area contributed by atoms with E-state index in [0.29, 0.717) is 11.5 Å². The molecule has 0 amide bonds.